The van der Waals surface area contributed by atoms with Crippen LogP contribution < -0.4 is 5.73 Å². The van der Waals surface area contributed by atoms with Crippen LogP contribution in [0.15, 0.2) is 24.3 Å². The lowest BCUT2D eigenvalue weighted by molar-refractivity contribution is 0.659. The Morgan fingerprint density at radius 1 is 1.25 bits per heavy atom. The molecule has 1 aliphatic carbocycles. The van der Waals surface area contributed by atoms with Crippen molar-refractivity contribution >= 4 is 5.95 Å². The van der Waals surface area contributed by atoms with E-state index in [1.807, 2.05) is 7.05 Å². The molecule has 0 spiro atoms. The molecule has 82 valence electrons. The smallest absolute Gasteiger partial charge is 0.218 e. The number of anilines is 1. The number of nitrogens with zero attached hydrogens (tertiary/aromatic N) is 3. The number of benzene rings is 1. The average Bonchev–Trinajstić information content (AvgIpc) is 2.83. The Bertz CT molecular complexity index is 485. The third-order valence-electron chi connectivity index (χ3n) is 3.23. The molecule has 0 bridgehead atoms. The third-order valence-corrected chi connectivity index (χ3v) is 3.23. The molecule has 0 unspecified atom stereocenters. The molecule has 0 atom stereocenters. The zero-order valence-corrected chi connectivity index (χ0v) is 9.22. The summed E-state index contributed by atoms with van der Waals surface area (Å²) in [6.07, 6.45) is 2.05. The molecule has 1 aromatic heterocycles. The number of rotatable bonds is 1. The summed E-state index contributed by atoms with van der Waals surface area (Å²) < 4.78 is 1.64. The van der Waals surface area contributed by atoms with Gasteiger partial charge in [-0.1, -0.05) is 24.3 Å². The highest BCUT2D eigenvalue weighted by Crippen LogP contribution is 2.32. The van der Waals surface area contributed by atoms with Crippen molar-refractivity contribution in [1.29, 1.82) is 0 Å². The van der Waals surface area contributed by atoms with Gasteiger partial charge in [0.05, 0.1) is 0 Å². The number of hydrogen-bond acceptors (Lipinski definition) is 3. The number of nitrogens with two attached hydrogens (primary N) is 1. The van der Waals surface area contributed by atoms with Crippen LogP contribution in [-0.4, -0.2) is 14.8 Å². The van der Waals surface area contributed by atoms with Crippen LogP contribution in [-0.2, 0) is 19.9 Å². The quantitative estimate of drug-likeness (QED) is 0.778. The van der Waals surface area contributed by atoms with Crippen molar-refractivity contribution in [1.82, 2.24) is 14.8 Å². The number of aromatic nitrogens is 3. The minimum absolute atomic E-state index is 0.390. The molecular weight excluding hydrogens is 200 g/mol. The van der Waals surface area contributed by atoms with Crippen molar-refractivity contribution in [2.45, 2.75) is 18.8 Å². The predicted molar refractivity (Wildman–Crippen MR) is 62.0 cm³/mol. The fourth-order valence-corrected chi connectivity index (χ4v) is 2.33. The van der Waals surface area contributed by atoms with E-state index in [4.69, 9.17) is 5.73 Å². The monoisotopic (exact) mass is 214 g/mol. The van der Waals surface area contributed by atoms with E-state index in [1.165, 1.54) is 11.1 Å². The molecule has 0 amide bonds. The van der Waals surface area contributed by atoms with E-state index in [-0.39, 0.29) is 0 Å². The van der Waals surface area contributed by atoms with Gasteiger partial charge >= 0.3 is 0 Å². The van der Waals surface area contributed by atoms with Crippen molar-refractivity contribution in [2.75, 3.05) is 5.73 Å². The molecule has 1 aliphatic rings. The topological polar surface area (TPSA) is 56.7 Å². The largest absolute Gasteiger partial charge is 0.368 e. The lowest BCUT2D eigenvalue weighted by atomic mass is 10.1. The van der Waals surface area contributed by atoms with Gasteiger partial charge in [0.2, 0.25) is 5.95 Å². The normalized spacial score (nSPS) is 15.3. The molecule has 0 saturated carbocycles. The Balaban J connectivity index is 1.91. The van der Waals surface area contributed by atoms with Crippen LogP contribution in [0.2, 0.25) is 0 Å². The van der Waals surface area contributed by atoms with Gasteiger partial charge in [0, 0.05) is 13.0 Å². The van der Waals surface area contributed by atoms with Crippen LogP contribution >= 0.6 is 0 Å². The molecule has 2 aromatic rings. The second-order valence-electron chi connectivity index (χ2n) is 4.33. The highest BCUT2D eigenvalue weighted by molar-refractivity contribution is 5.35. The fraction of sp³-hybridized carbons (Fsp3) is 0.333. The van der Waals surface area contributed by atoms with Crippen LogP contribution in [0.3, 0.4) is 0 Å². The Labute approximate surface area is 94.1 Å². The van der Waals surface area contributed by atoms with Crippen LogP contribution in [0.25, 0.3) is 0 Å². The van der Waals surface area contributed by atoms with Gasteiger partial charge in [0.1, 0.15) is 0 Å². The third kappa shape index (κ3) is 1.38. The molecule has 3 rings (SSSR count). The lowest BCUT2D eigenvalue weighted by Gasteiger charge is -2.01. The lowest BCUT2D eigenvalue weighted by Crippen LogP contribution is -2.01. The maximum absolute atomic E-state index is 5.70. The summed E-state index contributed by atoms with van der Waals surface area (Å²) in [5, 5.41) is 4.36. The van der Waals surface area contributed by atoms with E-state index in [1.54, 1.807) is 4.68 Å². The molecule has 1 heterocycles. The van der Waals surface area contributed by atoms with Gasteiger partial charge in [-0.25, -0.2) is 4.68 Å². The average molecular weight is 214 g/mol. The van der Waals surface area contributed by atoms with E-state index in [0.717, 1.165) is 18.7 Å². The molecule has 0 fully saturated rings. The first-order valence-electron chi connectivity index (χ1n) is 5.47. The van der Waals surface area contributed by atoms with Crippen LogP contribution in [0.1, 0.15) is 22.9 Å². The van der Waals surface area contributed by atoms with Crippen molar-refractivity contribution < 1.29 is 0 Å². The molecular formula is C12H14N4. The second-order valence-corrected chi connectivity index (χ2v) is 4.33. The van der Waals surface area contributed by atoms with Crippen molar-refractivity contribution in [3.8, 4) is 0 Å². The standard InChI is InChI=1S/C12H14N4/c1-16-12(13)14-11(15-16)10-6-8-4-2-3-5-9(8)7-10/h2-5,10H,6-7H2,1H3,(H2,13,14,15). The molecule has 0 radical (unpaired) electrons. The van der Waals surface area contributed by atoms with E-state index < -0.39 is 0 Å². The van der Waals surface area contributed by atoms with Crippen molar-refractivity contribution in [3.05, 3.63) is 41.2 Å². The SMILES string of the molecule is Cn1nc(C2Cc3ccccc3C2)nc1N. The molecule has 2 N–H and O–H groups in total. The minimum Gasteiger partial charge on any atom is -0.368 e. The maximum Gasteiger partial charge on any atom is 0.218 e. The van der Waals surface area contributed by atoms with Gasteiger partial charge in [0.15, 0.2) is 5.82 Å². The number of fused-ring (bicyclic) bond motifs is 1. The first-order chi connectivity index (χ1) is 7.74. The Kier molecular flexibility index (Phi) is 1.96. The number of aryl methyl sites for hydroxylation is 1. The van der Waals surface area contributed by atoms with E-state index >= 15 is 0 Å². The fourth-order valence-electron chi connectivity index (χ4n) is 2.33. The summed E-state index contributed by atoms with van der Waals surface area (Å²) in [5.41, 5.74) is 8.53. The molecule has 0 saturated heterocycles. The van der Waals surface area contributed by atoms with Gasteiger partial charge in [-0.3, -0.25) is 0 Å². The minimum atomic E-state index is 0.390. The number of hydrogen-bond donors (Lipinski definition) is 1. The first-order valence-corrected chi connectivity index (χ1v) is 5.47. The van der Waals surface area contributed by atoms with Gasteiger partial charge < -0.3 is 5.73 Å². The molecule has 16 heavy (non-hydrogen) atoms. The van der Waals surface area contributed by atoms with Crippen LogP contribution in [0, 0.1) is 0 Å². The maximum atomic E-state index is 5.70. The van der Waals surface area contributed by atoms with E-state index in [9.17, 15) is 0 Å². The molecule has 1 aromatic carbocycles. The first kappa shape index (κ1) is 9.39. The second kappa shape index (κ2) is 3.33. The summed E-state index contributed by atoms with van der Waals surface area (Å²) in [4.78, 5) is 4.30. The highest BCUT2D eigenvalue weighted by atomic mass is 15.4. The summed E-state index contributed by atoms with van der Waals surface area (Å²) >= 11 is 0. The van der Waals surface area contributed by atoms with Crippen molar-refractivity contribution in [2.24, 2.45) is 7.05 Å². The molecule has 4 heteroatoms. The summed E-state index contributed by atoms with van der Waals surface area (Å²) in [5.74, 6) is 1.75. The summed E-state index contributed by atoms with van der Waals surface area (Å²) in [6, 6.07) is 8.53. The zero-order valence-electron chi connectivity index (χ0n) is 9.22. The summed E-state index contributed by atoms with van der Waals surface area (Å²) in [6.45, 7) is 0. The number of nitrogen functional groups attached to an aromatic ring is 1. The predicted octanol–water partition coefficient (Wildman–Crippen LogP) is 1.28. The highest BCUT2D eigenvalue weighted by Gasteiger charge is 2.25. The molecule has 0 aliphatic heterocycles. The Hall–Kier alpha value is -1.84. The van der Waals surface area contributed by atoms with Gasteiger partial charge in [-0.15, -0.1) is 0 Å². The summed E-state index contributed by atoms with van der Waals surface area (Å²) in [7, 11) is 1.83. The van der Waals surface area contributed by atoms with Crippen LogP contribution in [0.5, 0.6) is 0 Å². The van der Waals surface area contributed by atoms with Gasteiger partial charge in [-0.2, -0.15) is 10.1 Å². The van der Waals surface area contributed by atoms with E-state index in [2.05, 4.69) is 34.3 Å². The van der Waals surface area contributed by atoms with Crippen LogP contribution in [0.4, 0.5) is 5.95 Å². The Morgan fingerprint density at radius 2 is 1.88 bits per heavy atom. The zero-order chi connectivity index (χ0) is 11.1. The van der Waals surface area contributed by atoms with Crippen molar-refractivity contribution in [3.63, 3.8) is 0 Å². The van der Waals surface area contributed by atoms with E-state index in [0.29, 0.717) is 11.9 Å². The van der Waals surface area contributed by atoms with Gasteiger partial charge in [0.25, 0.3) is 0 Å². The molecule has 4 nitrogen and oxygen atoms in total. The Morgan fingerprint density at radius 3 is 2.38 bits per heavy atom. The van der Waals surface area contributed by atoms with Gasteiger partial charge in [-0.05, 0) is 24.0 Å².